The standard InChI is InChI=1S/C15H11ClN2O3S/c16-14-6-8-17-15-13(14)10-11(7-9-19)18(15)22(20,21)12-4-2-1-3-5-12/h1-6,8-10H,7H2. The monoisotopic (exact) mass is 334 g/mol. The Bertz CT molecular complexity index is 950. The van der Waals surface area contributed by atoms with Crippen LogP contribution in [0.3, 0.4) is 0 Å². The van der Waals surface area contributed by atoms with E-state index in [1.165, 1.54) is 18.3 Å². The van der Waals surface area contributed by atoms with E-state index < -0.39 is 10.0 Å². The van der Waals surface area contributed by atoms with Crippen LogP contribution in [0.4, 0.5) is 0 Å². The van der Waals surface area contributed by atoms with Gasteiger partial charge >= 0.3 is 0 Å². The highest BCUT2D eigenvalue weighted by Crippen LogP contribution is 2.28. The minimum absolute atomic E-state index is 0.0429. The lowest BCUT2D eigenvalue weighted by Crippen LogP contribution is -2.16. The normalized spacial score (nSPS) is 11.7. The fourth-order valence-corrected chi connectivity index (χ4v) is 4.01. The van der Waals surface area contributed by atoms with Crippen molar-refractivity contribution in [3.05, 3.63) is 59.4 Å². The molecule has 3 aromatic rings. The summed E-state index contributed by atoms with van der Waals surface area (Å²) < 4.78 is 26.8. The van der Waals surface area contributed by atoms with E-state index in [0.29, 0.717) is 22.4 Å². The first-order valence-corrected chi connectivity index (χ1v) is 8.26. The van der Waals surface area contributed by atoms with Crippen molar-refractivity contribution >= 4 is 38.9 Å². The number of hydrogen-bond donors (Lipinski definition) is 0. The highest BCUT2D eigenvalue weighted by molar-refractivity contribution is 7.90. The first kappa shape index (κ1) is 14.7. The van der Waals surface area contributed by atoms with Crippen molar-refractivity contribution in [2.75, 3.05) is 0 Å². The number of carbonyl (C=O) groups is 1. The van der Waals surface area contributed by atoms with Crippen LogP contribution < -0.4 is 0 Å². The molecule has 0 aliphatic carbocycles. The predicted molar refractivity (Wildman–Crippen MR) is 83.5 cm³/mol. The third kappa shape index (κ3) is 2.30. The maximum absolute atomic E-state index is 12.9. The van der Waals surface area contributed by atoms with E-state index in [4.69, 9.17) is 11.6 Å². The quantitative estimate of drug-likeness (QED) is 0.688. The molecule has 0 aliphatic heterocycles. The number of benzene rings is 1. The van der Waals surface area contributed by atoms with E-state index in [2.05, 4.69) is 4.98 Å². The van der Waals surface area contributed by atoms with Crippen molar-refractivity contribution in [1.82, 2.24) is 8.96 Å². The summed E-state index contributed by atoms with van der Waals surface area (Å²) in [5.41, 5.74) is 0.544. The second kappa shape index (κ2) is 5.55. The van der Waals surface area contributed by atoms with Gasteiger partial charge in [-0.1, -0.05) is 29.8 Å². The number of hydrogen-bond acceptors (Lipinski definition) is 4. The zero-order valence-electron chi connectivity index (χ0n) is 11.3. The molecule has 0 bridgehead atoms. The average molecular weight is 335 g/mol. The first-order valence-electron chi connectivity index (χ1n) is 6.45. The molecule has 0 spiro atoms. The lowest BCUT2D eigenvalue weighted by atomic mass is 10.3. The number of fused-ring (bicyclic) bond motifs is 1. The topological polar surface area (TPSA) is 69.0 Å². The number of halogens is 1. The number of aldehydes is 1. The van der Waals surface area contributed by atoms with Crippen molar-refractivity contribution in [1.29, 1.82) is 0 Å². The van der Waals surface area contributed by atoms with Gasteiger partial charge in [-0.3, -0.25) is 0 Å². The SMILES string of the molecule is O=CCc1cc2c(Cl)ccnc2n1S(=O)(=O)c1ccccc1. The second-order valence-electron chi connectivity index (χ2n) is 4.62. The molecule has 0 radical (unpaired) electrons. The highest BCUT2D eigenvalue weighted by atomic mass is 35.5. The third-order valence-electron chi connectivity index (χ3n) is 3.25. The van der Waals surface area contributed by atoms with Gasteiger partial charge in [0.05, 0.1) is 9.92 Å². The summed E-state index contributed by atoms with van der Waals surface area (Å²) in [7, 11) is -3.86. The summed E-state index contributed by atoms with van der Waals surface area (Å²) in [6.45, 7) is 0. The molecule has 0 unspecified atom stereocenters. The number of aromatic nitrogens is 2. The molecule has 0 aliphatic rings. The van der Waals surface area contributed by atoms with Crippen LogP contribution in [0.25, 0.3) is 11.0 Å². The molecule has 1 aromatic carbocycles. The Morgan fingerprint density at radius 3 is 2.59 bits per heavy atom. The molecule has 22 heavy (non-hydrogen) atoms. The Morgan fingerprint density at radius 1 is 1.18 bits per heavy atom. The van der Waals surface area contributed by atoms with Gasteiger partial charge in [0.1, 0.15) is 6.29 Å². The average Bonchev–Trinajstić information content (AvgIpc) is 2.89. The number of rotatable bonds is 4. The Labute approximate surface area is 132 Å². The van der Waals surface area contributed by atoms with Crippen LogP contribution in [0, 0.1) is 0 Å². The van der Waals surface area contributed by atoms with Gasteiger partial charge in [0.15, 0.2) is 5.65 Å². The molecule has 0 N–H and O–H groups in total. The van der Waals surface area contributed by atoms with Crippen molar-refractivity contribution in [3.8, 4) is 0 Å². The summed E-state index contributed by atoms with van der Waals surface area (Å²) in [4.78, 5) is 15.1. The van der Waals surface area contributed by atoms with Gasteiger partial charge in [-0.15, -0.1) is 0 Å². The highest BCUT2D eigenvalue weighted by Gasteiger charge is 2.24. The molecule has 7 heteroatoms. The maximum atomic E-state index is 12.9. The Balaban J connectivity index is 2.36. The molecular weight excluding hydrogens is 324 g/mol. The molecule has 2 aromatic heterocycles. The fourth-order valence-electron chi connectivity index (χ4n) is 2.29. The Morgan fingerprint density at radius 2 is 1.91 bits per heavy atom. The van der Waals surface area contributed by atoms with E-state index in [9.17, 15) is 13.2 Å². The van der Waals surface area contributed by atoms with Crippen LogP contribution in [0.15, 0.2) is 53.6 Å². The lowest BCUT2D eigenvalue weighted by molar-refractivity contribution is -0.107. The van der Waals surface area contributed by atoms with E-state index in [1.807, 2.05) is 0 Å². The summed E-state index contributed by atoms with van der Waals surface area (Å²) in [6.07, 6.45) is 2.05. The van der Waals surface area contributed by atoms with E-state index in [0.717, 1.165) is 3.97 Å². The van der Waals surface area contributed by atoms with E-state index in [-0.39, 0.29) is 17.0 Å². The lowest BCUT2D eigenvalue weighted by Gasteiger charge is -2.10. The molecular formula is C15H11ClN2O3S. The van der Waals surface area contributed by atoms with Crippen LogP contribution >= 0.6 is 11.6 Å². The minimum atomic E-state index is -3.86. The van der Waals surface area contributed by atoms with E-state index >= 15 is 0 Å². The molecule has 112 valence electrons. The van der Waals surface area contributed by atoms with Crippen LogP contribution in [0.1, 0.15) is 5.69 Å². The fraction of sp³-hybridized carbons (Fsp3) is 0.0667. The first-order chi connectivity index (χ1) is 10.6. The van der Waals surface area contributed by atoms with Crippen LogP contribution in [0.5, 0.6) is 0 Å². The van der Waals surface area contributed by atoms with Gasteiger partial charge in [0, 0.05) is 23.7 Å². The molecule has 0 saturated carbocycles. The molecule has 0 amide bonds. The largest absolute Gasteiger partial charge is 0.303 e. The summed E-state index contributed by atoms with van der Waals surface area (Å²) in [6, 6.07) is 11.2. The predicted octanol–water partition coefficient (Wildman–Crippen LogP) is 2.67. The molecule has 3 rings (SSSR count). The van der Waals surface area contributed by atoms with Gasteiger partial charge in [-0.2, -0.15) is 0 Å². The van der Waals surface area contributed by atoms with Gasteiger partial charge in [0.25, 0.3) is 10.0 Å². The smallest absolute Gasteiger partial charge is 0.269 e. The number of pyridine rings is 1. The Hall–Kier alpha value is -2.18. The summed E-state index contributed by atoms with van der Waals surface area (Å²) in [5.74, 6) is 0. The van der Waals surface area contributed by atoms with Crippen molar-refractivity contribution < 1.29 is 13.2 Å². The number of nitrogens with zero attached hydrogens (tertiary/aromatic N) is 2. The van der Waals surface area contributed by atoms with E-state index in [1.54, 1.807) is 30.3 Å². The van der Waals surface area contributed by atoms with Crippen LogP contribution in [0.2, 0.25) is 5.02 Å². The van der Waals surface area contributed by atoms with Crippen LogP contribution in [-0.2, 0) is 21.2 Å². The summed E-state index contributed by atoms with van der Waals surface area (Å²) >= 11 is 6.10. The van der Waals surface area contributed by atoms with Crippen molar-refractivity contribution in [2.24, 2.45) is 0 Å². The zero-order valence-corrected chi connectivity index (χ0v) is 12.9. The van der Waals surface area contributed by atoms with Crippen LogP contribution in [-0.4, -0.2) is 23.7 Å². The summed E-state index contributed by atoms with van der Waals surface area (Å²) in [5, 5.41) is 0.889. The second-order valence-corrected chi connectivity index (χ2v) is 6.81. The molecule has 0 saturated heterocycles. The molecule has 5 nitrogen and oxygen atoms in total. The zero-order chi connectivity index (χ0) is 15.7. The van der Waals surface area contributed by atoms with Gasteiger partial charge in [-0.05, 0) is 24.3 Å². The van der Waals surface area contributed by atoms with Gasteiger partial charge < -0.3 is 4.79 Å². The minimum Gasteiger partial charge on any atom is -0.303 e. The molecule has 0 atom stereocenters. The third-order valence-corrected chi connectivity index (χ3v) is 5.34. The van der Waals surface area contributed by atoms with Crippen molar-refractivity contribution in [3.63, 3.8) is 0 Å². The van der Waals surface area contributed by atoms with Gasteiger partial charge in [0.2, 0.25) is 0 Å². The van der Waals surface area contributed by atoms with Crippen molar-refractivity contribution in [2.45, 2.75) is 11.3 Å². The number of carbonyl (C=O) groups excluding carboxylic acids is 1. The Kier molecular flexibility index (Phi) is 3.72. The molecule has 0 fully saturated rings. The maximum Gasteiger partial charge on any atom is 0.269 e. The van der Waals surface area contributed by atoms with Gasteiger partial charge in [-0.25, -0.2) is 17.4 Å². The molecule has 2 heterocycles.